The van der Waals surface area contributed by atoms with Crippen LogP contribution in [0.3, 0.4) is 0 Å². The van der Waals surface area contributed by atoms with Gasteiger partial charge in [-0.15, -0.1) is 0 Å². The third-order valence-corrected chi connectivity index (χ3v) is 4.38. The molecule has 0 radical (unpaired) electrons. The maximum atomic E-state index is 4.44. The lowest BCUT2D eigenvalue weighted by Gasteiger charge is -2.15. The van der Waals surface area contributed by atoms with Gasteiger partial charge in [0.15, 0.2) is 0 Å². The minimum atomic E-state index is -0.278. The summed E-state index contributed by atoms with van der Waals surface area (Å²) in [5.74, 6) is 0. The number of nitrogens with zero attached hydrogens (tertiary/aromatic N) is 1. The van der Waals surface area contributed by atoms with Crippen molar-refractivity contribution in [2.75, 3.05) is 0 Å². The zero-order chi connectivity index (χ0) is 10.5. The van der Waals surface area contributed by atoms with Crippen molar-refractivity contribution in [2.45, 2.75) is 3.23 Å². The van der Waals surface area contributed by atoms with E-state index in [4.69, 9.17) is 0 Å². The smallest absolute Gasteiger partial charge is 0.133 e. The lowest BCUT2D eigenvalue weighted by atomic mass is 10.1. The first-order valence-corrected chi connectivity index (χ1v) is 6.23. The van der Waals surface area contributed by atoms with Crippen LogP contribution in [0.5, 0.6) is 0 Å². The van der Waals surface area contributed by atoms with E-state index in [9.17, 15) is 0 Å². The largest absolute Gasteiger partial charge is 0.256 e. The number of fused-ring (bicyclic) bond motifs is 3. The number of benzene rings is 1. The van der Waals surface area contributed by atoms with Gasteiger partial charge in [-0.2, -0.15) is 0 Å². The minimum Gasteiger partial charge on any atom is -0.256 e. The van der Waals surface area contributed by atoms with Crippen LogP contribution in [0, 0.1) is 0 Å². The van der Waals surface area contributed by atoms with Crippen LogP contribution in [0.25, 0.3) is 11.3 Å². The lowest BCUT2D eigenvalue weighted by molar-refractivity contribution is 1.16. The Labute approximate surface area is 105 Å². The summed E-state index contributed by atoms with van der Waals surface area (Å²) in [5.41, 5.74) is 4.65. The molecule has 1 nitrogen and oxygen atoms in total. The van der Waals surface area contributed by atoms with E-state index in [2.05, 4.69) is 55.0 Å². The topological polar surface area (TPSA) is 12.9 Å². The molecule has 0 unspecified atom stereocenters. The number of aromatic nitrogens is 1. The summed E-state index contributed by atoms with van der Waals surface area (Å²) in [7, 11) is 0. The number of halogens is 2. The van der Waals surface area contributed by atoms with E-state index in [1.165, 1.54) is 16.7 Å². The Morgan fingerprint density at radius 1 is 0.933 bits per heavy atom. The normalized spacial score (nSPS) is 15.9. The van der Waals surface area contributed by atoms with E-state index in [-0.39, 0.29) is 3.23 Å². The summed E-state index contributed by atoms with van der Waals surface area (Å²) in [6, 6.07) is 12.3. The number of hydrogen-bond donors (Lipinski definition) is 0. The van der Waals surface area contributed by atoms with Gasteiger partial charge in [0, 0.05) is 17.3 Å². The van der Waals surface area contributed by atoms with Crippen molar-refractivity contribution in [2.24, 2.45) is 0 Å². The van der Waals surface area contributed by atoms with Crippen LogP contribution in [0.2, 0.25) is 0 Å². The predicted octanol–water partition coefficient (Wildman–Crippen LogP) is 4.05. The molecule has 1 aliphatic carbocycles. The fourth-order valence-corrected chi connectivity index (χ4v) is 3.31. The summed E-state index contributed by atoms with van der Waals surface area (Å²) in [6.07, 6.45) is 1.83. The SMILES string of the molecule is BrC1(Br)c2ccccc2-c2ncccc21. The van der Waals surface area contributed by atoms with E-state index in [0.29, 0.717) is 0 Å². The maximum Gasteiger partial charge on any atom is 0.133 e. The van der Waals surface area contributed by atoms with Crippen molar-refractivity contribution in [1.82, 2.24) is 4.98 Å². The van der Waals surface area contributed by atoms with Gasteiger partial charge >= 0.3 is 0 Å². The lowest BCUT2D eigenvalue weighted by Crippen LogP contribution is -2.05. The molecule has 0 aliphatic heterocycles. The summed E-state index contributed by atoms with van der Waals surface area (Å²) < 4.78 is -0.278. The zero-order valence-electron chi connectivity index (χ0n) is 7.74. The van der Waals surface area contributed by atoms with E-state index in [0.717, 1.165) is 5.69 Å². The van der Waals surface area contributed by atoms with Gasteiger partial charge in [-0.1, -0.05) is 62.2 Å². The predicted molar refractivity (Wildman–Crippen MR) is 68.3 cm³/mol. The molecule has 0 saturated carbocycles. The van der Waals surface area contributed by atoms with E-state index < -0.39 is 0 Å². The molecule has 0 N–H and O–H groups in total. The first kappa shape index (κ1) is 9.55. The van der Waals surface area contributed by atoms with E-state index >= 15 is 0 Å². The highest BCUT2D eigenvalue weighted by molar-refractivity contribution is 9.25. The summed E-state index contributed by atoms with van der Waals surface area (Å²) >= 11 is 7.43. The fraction of sp³-hybridized carbons (Fsp3) is 0.0833. The third kappa shape index (κ3) is 1.23. The Hall–Kier alpha value is -0.670. The monoisotopic (exact) mass is 323 g/mol. The molecular weight excluding hydrogens is 318 g/mol. The molecule has 0 fully saturated rings. The average Bonchev–Trinajstić information content (AvgIpc) is 2.51. The Balaban J connectivity index is 2.42. The minimum absolute atomic E-state index is 0.278. The molecule has 74 valence electrons. The van der Waals surface area contributed by atoms with E-state index in [1.807, 2.05) is 24.4 Å². The van der Waals surface area contributed by atoms with Gasteiger partial charge in [0.05, 0.1) is 5.69 Å². The Bertz CT molecular complexity index is 487. The molecular formula is C12H7Br2N. The molecule has 2 aromatic rings. The van der Waals surface area contributed by atoms with Crippen molar-refractivity contribution >= 4 is 31.9 Å². The quantitative estimate of drug-likeness (QED) is 0.666. The molecule has 0 amide bonds. The molecule has 0 atom stereocenters. The van der Waals surface area contributed by atoms with Crippen LogP contribution in [0.15, 0.2) is 42.6 Å². The standard InChI is InChI=1S/C12H7Br2N/c13-12(14)9-5-2-1-4-8(9)11-10(12)6-3-7-15-11/h1-7H. The zero-order valence-corrected chi connectivity index (χ0v) is 10.9. The highest BCUT2D eigenvalue weighted by Crippen LogP contribution is 2.55. The summed E-state index contributed by atoms with van der Waals surface area (Å²) in [6.45, 7) is 0. The van der Waals surface area contributed by atoms with Crippen molar-refractivity contribution in [3.8, 4) is 11.3 Å². The van der Waals surface area contributed by atoms with Gasteiger partial charge in [-0.25, -0.2) is 0 Å². The van der Waals surface area contributed by atoms with Gasteiger partial charge in [0.25, 0.3) is 0 Å². The molecule has 0 bridgehead atoms. The highest BCUT2D eigenvalue weighted by Gasteiger charge is 2.39. The van der Waals surface area contributed by atoms with E-state index in [1.54, 1.807) is 0 Å². The number of rotatable bonds is 0. The van der Waals surface area contributed by atoms with Crippen LogP contribution in [-0.2, 0) is 3.23 Å². The molecule has 1 aliphatic rings. The van der Waals surface area contributed by atoms with Crippen molar-refractivity contribution < 1.29 is 0 Å². The molecule has 1 aromatic heterocycles. The van der Waals surface area contributed by atoms with Crippen LogP contribution < -0.4 is 0 Å². The Kier molecular flexibility index (Phi) is 2.01. The van der Waals surface area contributed by atoms with Crippen molar-refractivity contribution in [1.29, 1.82) is 0 Å². The average molecular weight is 325 g/mol. The van der Waals surface area contributed by atoms with Crippen LogP contribution in [0.1, 0.15) is 11.1 Å². The molecule has 3 rings (SSSR count). The summed E-state index contributed by atoms with van der Waals surface area (Å²) in [4.78, 5) is 4.44. The van der Waals surface area contributed by atoms with Gasteiger partial charge < -0.3 is 0 Å². The van der Waals surface area contributed by atoms with Crippen LogP contribution in [0.4, 0.5) is 0 Å². The first-order valence-electron chi connectivity index (χ1n) is 4.64. The number of hydrogen-bond acceptors (Lipinski definition) is 1. The van der Waals surface area contributed by atoms with Crippen molar-refractivity contribution in [3.63, 3.8) is 0 Å². The second-order valence-corrected chi connectivity index (χ2v) is 6.96. The van der Waals surface area contributed by atoms with Gasteiger partial charge in [-0.05, 0) is 11.6 Å². The first-order chi connectivity index (χ1) is 7.21. The second kappa shape index (κ2) is 3.16. The fourth-order valence-electron chi connectivity index (χ4n) is 1.98. The number of alkyl halides is 2. The molecule has 1 heterocycles. The van der Waals surface area contributed by atoms with Gasteiger partial charge in [-0.3, -0.25) is 4.98 Å². The highest BCUT2D eigenvalue weighted by atomic mass is 79.9. The van der Waals surface area contributed by atoms with Gasteiger partial charge in [0.2, 0.25) is 0 Å². The molecule has 0 saturated heterocycles. The van der Waals surface area contributed by atoms with Crippen LogP contribution in [-0.4, -0.2) is 4.98 Å². The van der Waals surface area contributed by atoms with Crippen LogP contribution >= 0.6 is 31.9 Å². The second-order valence-electron chi connectivity index (χ2n) is 3.52. The molecule has 15 heavy (non-hydrogen) atoms. The number of pyridine rings is 1. The summed E-state index contributed by atoms with van der Waals surface area (Å²) in [5, 5.41) is 0. The Morgan fingerprint density at radius 3 is 2.53 bits per heavy atom. The van der Waals surface area contributed by atoms with Crippen molar-refractivity contribution in [3.05, 3.63) is 53.7 Å². The maximum absolute atomic E-state index is 4.44. The third-order valence-electron chi connectivity index (χ3n) is 2.67. The molecule has 1 aromatic carbocycles. The molecule has 3 heteroatoms. The Morgan fingerprint density at radius 2 is 1.67 bits per heavy atom. The van der Waals surface area contributed by atoms with Gasteiger partial charge in [0.1, 0.15) is 3.23 Å². The molecule has 0 spiro atoms.